The second-order valence-corrected chi connectivity index (χ2v) is 6.90. The molecule has 2 aromatic carbocycles. The summed E-state index contributed by atoms with van der Waals surface area (Å²) in [6.07, 6.45) is 2.98. The number of nitrogens with one attached hydrogen (secondary N) is 1. The van der Waals surface area contributed by atoms with Gasteiger partial charge >= 0.3 is 0 Å². The first-order valence-electron chi connectivity index (χ1n) is 9.06. The summed E-state index contributed by atoms with van der Waals surface area (Å²) in [6.45, 7) is 6.99. The molecule has 142 valence electrons. The number of piperazine rings is 1. The van der Waals surface area contributed by atoms with Crippen molar-refractivity contribution in [1.82, 2.24) is 4.90 Å². The summed E-state index contributed by atoms with van der Waals surface area (Å²) in [7, 11) is 0. The van der Waals surface area contributed by atoms with Crippen LogP contribution in [0.5, 0.6) is 0 Å². The van der Waals surface area contributed by atoms with Gasteiger partial charge in [0.2, 0.25) is 5.91 Å². The van der Waals surface area contributed by atoms with Gasteiger partial charge in [-0.2, -0.15) is 0 Å². The summed E-state index contributed by atoms with van der Waals surface area (Å²) in [5, 5.41) is 3.46. The molecule has 0 bridgehead atoms. The molecule has 1 N–H and O–H groups in total. The van der Waals surface area contributed by atoms with Gasteiger partial charge in [-0.05, 0) is 48.5 Å². The Morgan fingerprint density at radius 3 is 2.67 bits per heavy atom. The molecule has 0 unspecified atom stereocenters. The monoisotopic (exact) mass is 387 g/mol. The lowest BCUT2D eigenvalue weighted by atomic mass is 10.2. The van der Waals surface area contributed by atoms with Crippen molar-refractivity contribution in [2.24, 2.45) is 0 Å². The Bertz CT molecular complexity index is 832. The number of nitrogens with zero attached hydrogens (tertiary/aromatic N) is 2. The second kappa shape index (κ2) is 9.02. The highest BCUT2D eigenvalue weighted by atomic mass is 35.5. The van der Waals surface area contributed by atoms with Crippen LogP contribution in [-0.4, -0.2) is 43.5 Å². The summed E-state index contributed by atoms with van der Waals surface area (Å²) in [5.41, 5.74) is 2.27. The lowest BCUT2D eigenvalue weighted by Crippen LogP contribution is -2.46. The van der Waals surface area contributed by atoms with Crippen molar-refractivity contribution in [3.8, 4) is 0 Å². The highest BCUT2D eigenvalue weighted by molar-refractivity contribution is 6.31. The minimum atomic E-state index is -0.332. The Balaban J connectivity index is 1.72. The maximum atomic E-state index is 13.2. The van der Waals surface area contributed by atoms with Crippen LogP contribution in [0.4, 0.5) is 15.8 Å². The van der Waals surface area contributed by atoms with Crippen LogP contribution in [0.1, 0.15) is 12.5 Å². The van der Waals surface area contributed by atoms with E-state index in [0.717, 1.165) is 38.4 Å². The van der Waals surface area contributed by atoms with E-state index in [0.29, 0.717) is 16.3 Å². The third-order valence-corrected chi connectivity index (χ3v) is 4.89. The van der Waals surface area contributed by atoms with Crippen molar-refractivity contribution in [1.29, 1.82) is 0 Å². The SMILES string of the molecule is CCN1CCN(c2ccc(Cl)cc2NC(=O)/C=C/c2cccc(F)c2)CC1. The standard InChI is InChI=1S/C21H23ClFN3O/c1-2-25-10-12-26(13-11-25)20-8-7-17(22)15-19(20)24-21(27)9-6-16-4-3-5-18(23)14-16/h3-9,14-15H,2,10-13H2,1H3,(H,24,27)/b9-6+. The van der Waals surface area contributed by atoms with Gasteiger partial charge in [-0.1, -0.05) is 30.7 Å². The van der Waals surface area contributed by atoms with Gasteiger partial charge in [0.15, 0.2) is 0 Å². The van der Waals surface area contributed by atoms with Crippen molar-refractivity contribution in [2.75, 3.05) is 42.9 Å². The van der Waals surface area contributed by atoms with Gasteiger partial charge in [-0.3, -0.25) is 4.79 Å². The fourth-order valence-corrected chi connectivity index (χ4v) is 3.32. The average molecular weight is 388 g/mol. The van der Waals surface area contributed by atoms with Crippen molar-refractivity contribution in [2.45, 2.75) is 6.92 Å². The molecule has 0 atom stereocenters. The fraction of sp³-hybridized carbons (Fsp3) is 0.286. The minimum Gasteiger partial charge on any atom is -0.367 e. The summed E-state index contributed by atoms with van der Waals surface area (Å²) < 4.78 is 13.2. The molecule has 0 radical (unpaired) electrons. The van der Waals surface area contributed by atoms with Crippen molar-refractivity contribution in [3.63, 3.8) is 0 Å². The van der Waals surface area contributed by atoms with Crippen LogP contribution < -0.4 is 10.2 Å². The second-order valence-electron chi connectivity index (χ2n) is 6.46. The Morgan fingerprint density at radius 2 is 1.96 bits per heavy atom. The Kier molecular flexibility index (Phi) is 6.48. The number of benzene rings is 2. The number of anilines is 2. The quantitative estimate of drug-likeness (QED) is 0.778. The fourth-order valence-electron chi connectivity index (χ4n) is 3.15. The zero-order valence-electron chi connectivity index (χ0n) is 15.3. The molecule has 1 saturated heterocycles. The molecule has 3 rings (SSSR count). The van der Waals surface area contributed by atoms with E-state index < -0.39 is 0 Å². The maximum absolute atomic E-state index is 13.2. The first-order chi connectivity index (χ1) is 13.0. The number of halogens is 2. The van der Waals surface area contributed by atoms with Gasteiger partial charge < -0.3 is 15.1 Å². The van der Waals surface area contributed by atoms with Crippen LogP contribution >= 0.6 is 11.6 Å². The van der Waals surface area contributed by atoms with E-state index in [4.69, 9.17) is 11.6 Å². The van der Waals surface area contributed by atoms with Gasteiger partial charge in [-0.25, -0.2) is 4.39 Å². The van der Waals surface area contributed by atoms with Gasteiger partial charge in [0.25, 0.3) is 0 Å². The van der Waals surface area contributed by atoms with Gasteiger partial charge in [-0.15, -0.1) is 0 Å². The topological polar surface area (TPSA) is 35.6 Å². The summed E-state index contributed by atoms with van der Waals surface area (Å²) in [5.74, 6) is -0.615. The molecule has 1 aliphatic heterocycles. The molecular weight excluding hydrogens is 365 g/mol. The molecule has 1 fully saturated rings. The molecule has 0 aliphatic carbocycles. The Morgan fingerprint density at radius 1 is 1.19 bits per heavy atom. The molecule has 1 aliphatic rings. The third kappa shape index (κ3) is 5.31. The predicted octanol–water partition coefficient (Wildman–Crippen LogP) is 4.27. The molecule has 0 saturated carbocycles. The van der Waals surface area contributed by atoms with Gasteiger partial charge in [0, 0.05) is 37.3 Å². The molecule has 0 aromatic heterocycles. The Labute approximate surface area is 164 Å². The number of likely N-dealkylation sites (N-methyl/N-ethyl adjacent to an activating group) is 1. The van der Waals surface area contributed by atoms with E-state index in [1.54, 1.807) is 24.3 Å². The van der Waals surface area contributed by atoms with E-state index in [2.05, 4.69) is 22.0 Å². The predicted molar refractivity (Wildman–Crippen MR) is 110 cm³/mol. The van der Waals surface area contributed by atoms with Gasteiger partial charge in [0.1, 0.15) is 5.82 Å². The minimum absolute atomic E-state index is 0.282. The number of hydrogen-bond donors (Lipinski definition) is 1. The normalized spacial score (nSPS) is 15.3. The first kappa shape index (κ1) is 19.4. The van der Waals surface area contributed by atoms with Crippen LogP contribution in [-0.2, 0) is 4.79 Å². The number of carbonyl (C=O) groups is 1. The molecule has 27 heavy (non-hydrogen) atoms. The van der Waals surface area contributed by atoms with E-state index >= 15 is 0 Å². The van der Waals surface area contributed by atoms with Gasteiger partial charge in [0.05, 0.1) is 11.4 Å². The highest BCUT2D eigenvalue weighted by Gasteiger charge is 2.19. The van der Waals surface area contributed by atoms with Crippen molar-refractivity contribution in [3.05, 3.63) is 64.9 Å². The zero-order valence-corrected chi connectivity index (χ0v) is 16.0. The first-order valence-corrected chi connectivity index (χ1v) is 9.44. The van der Waals surface area contributed by atoms with E-state index in [-0.39, 0.29) is 11.7 Å². The summed E-state index contributed by atoms with van der Waals surface area (Å²) >= 11 is 6.14. The number of carbonyl (C=O) groups excluding carboxylic acids is 1. The molecule has 2 aromatic rings. The number of rotatable bonds is 5. The van der Waals surface area contributed by atoms with E-state index in [1.807, 2.05) is 12.1 Å². The third-order valence-electron chi connectivity index (χ3n) is 4.65. The molecular formula is C21H23ClFN3O. The number of amides is 1. The number of hydrogen-bond acceptors (Lipinski definition) is 3. The molecule has 1 heterocycles. The smallest absolute Gasteiger partial charge is 0.248 e. The van der Waals surface area contributed by atoms with E-state index in [1.165, 1.54) is 18.2 Å². The van der Waals surface area contributed by atoms with Crippen molar-refractivity contribution >= 4 is 35.0 Å². The molecule has 6 heteroatoms. The molecule has 4 nitrogen and oxygen atoms in total. The average Bonchev–Trinajstić information content (AvgIpc) is 2.67. The summed E-state index contributed by atoms with van der Waals surface area (Å²) in [6, 6.07) is 11.6. The van der Waals surface area contributed by atoms with Crippen LogP contribution in [0, 0.1) is 5.82 Å². The van der Waals surface area contributed by atoms with Crippen molar-refractivity contribution < 1.29 is 9.18 Å². The lowest BCUT2D eigenvalue weighted by Gasteiger charge is -2.36. The zero-order chi connectivity index (χ0) is 19.2. The lowest BCUT2D eigenvalue weighted by molar-refractivity contribution is -0.111. The van der Waals surface area contributed by atoms with Crippen LogP contribution in [0.15, 0.2) is 48.5 Å². The maximum Gasteiger partial charge on any atom is 0.248 e. The molecule has 1 amide bonds. The van der Waals surface area contributed by atoms with Crippen LogP contribution in [0.2, 0.25) is 5.02 Å². The van der Waals surface area contributed by atoms with E-state index in [9.17, 15) is 9.18 Å². The molecule has 0 spiro atoms. The van der Waals surface area contributed by atoms with Crippen LogP contribution in [0.3, 0.4) is 0 Å². The van der Waals surface area contributed by atoms with Crippen LogP contribution in [0.25, 0.3) is 6.08 Å². The Hall–Kier alpha value is -2.37. The largest absolute Gasteiger partial charge is 0.367 e. The highest BCUT2D eigenvalue weighted by Crippen LogP contribution is 2.30. The summed E-state index contributed by atoms with van der Waals surface area (Å²) in [4.78, 5) is 17.0.